The van der Waals surface area contributed by atoms with Crippen molar-refractivity contribution in [2.75, 3.05) is 6.61 Å². The Morgan fingerprint density at radius 3 is 2.32 bits per heavy atom. The fraction of sp³-hybridized carbons (Fsp3) is 0.864. The van der Waals surface area contributed by atoms with Crippen molar-refractivity contribution in [3.63, 3.8) is 0 Å². The van der Waals surface area contributed by atoms with Gasteiger partial charge in [-0.25, -0.2) is 0 Å². The topological polar surface area (TPSA) is 46.5 Å². The van der Waals surface area contributed by atoms with Crippen LogP contribution < -0.4 is 0 Å². The summed E-state index contributed by atoms with van der Waals surface area (Å²) in [5.41, 5.74) is 0. The molecule has 1 atom stereocenters. The first-order valence-electron chi connectivity index (χ1n) is 10.7. The Morgan fingerprint density at radius 2 is 1.56 bits per heavy atom. The van der Waals surface area contributed by atoms with E-state index in [1.807, 2.05) is 0 Å². The second kappa shape index (κ2) is 19.5. The largest absolute Gasteiger partial charge is 0.466 e. The van der Waals surface area contributed by atoms with Crippen molar-refractivity contribution in [1.82, 2.24) is 0 Å². The third-order valence-corrected chi connectivity index (χ3v) is 4.48. The van der Waals surface area contributed by atoms with Gasteiger partial charge in [-0.2, -0.15) is 0 Å². The molecule has 0 aliphatic rings. The van der Waals surface area contributed by atoms with Crippen LogP contribution in [-0.4, -0.2) is 23.8 Å². The standard InChI is InChI=1S/C22H42O3/c1-3-5-7-14-17-21(23)18-15-12-10-8-9-11-13-16-19-22(24)25-20-6-4-2/h12,15,21,23H,3-11,13-14,16-20H2,1-2H3/b15-12+. The average Bonchev–Trinajstić information content (AvgIpc) is 2.60. The Labute approximate surface area is 156 Å². The van der Waals surface area contributed by atoms with Crippen molar-refractivity contribution in [2.24, 2.45) is 0 Å². The molecule has 0 aliphatic heterocycles. The van der Waals surface area contributed by atoms with E-state index in [1.54, 1.807) is 0 Å². The number of hydrogen-bond donors (Lipinski definition) is 1. The molecule has 0 amide bonds. The van der Waals surface area contributed by atoms with E-state index < -0.39 is 0 Å². The van der Waals surface area contributed by atoms with E-state index in [2.05, 4.69) is 26.0 Å². The first-order valence-corrected chi connectivity index (χ1v) is 10.7. The van der Waals surface area contributed by atoms with Gasteiger partial charge in [0.1, 0.15) is 0 Å². The summed E-state index contributed by atoms with van der Waals surface area (Å²) in [4.78, 5) is 11.4. The van der Waals surface area contributed by atoms with E-state index in [4.69, 9.17) is 4.74 Å². The number of rotatable bonds is 18. The summed E-state index contributed by atoms with van der Waals surface area (Å²) in [7, 11) is 0. The molecule has 0 fully saturated rings. The summed E-state index contributed by atoms with van der Waals surface area (Å²) in [5, 5.41) is 9.87. The van der Waals surface area contributed by atoms with Crippen molar-refractivity contribution >= 4 is 5.97 Å². The number of carbonyl (C=O) groups is 1. The number of ether oxygens (including phenoxy) is 1. The Hall–Kier alpha value is -0.830. The predicted octanol–water partition coefficient (Wildman–Crippen LogP) is 6.34. The van der Waals surface area contributed by atoms with Crippen molar-refractivity contribution in [3.05, 3.63) is 12.2 Å². The van der Waals surface area contributed by atoms with Crippen LogP contribution in [0.25, 0.3) is 0 Å². The summed E-state index contributed by atoms with van der Waals surface area (Å²) in [6.45, 7) is 4.89. The maximum Gasteiger partial charge on any atom is 0.305 e. The van der Waals surface area contributed by atoms with Crippen LogP contribution in [0, 0.1) is 0 Å². The van der Waals surface area contributed by atoms with Gasteiger partial charge >= 0.3 is 5.97 Å². The van der Waals surface area contributed by atoms with Gasteiger partial charge in [0.25, 0.3) is 0 Å². The van der Waals surface area contributed by atoms with E-state index in [0.717, 1.165) is 51.4 Å². The summed E-state index contributed by atoms with van der Waals surface area (Å²) in [6, 6.07) is 0. The maximum atomic E-state index is 11.4. The molecule has 148 valence electrons. The van der Waals surface area contributed by atoms with Gasteiger partial charge in [-0.15, -0.1) is 0 Å². The summed E-state index contributed by atoms with van der Waals surface area (Å²) in [5.74, 6) is -0.0374. The van der Waals surface area contributed by atoms with E-state index in [1.165, 1.54) is 38.5 Å². The highest BCUT2D eigenvalue weighted by Crippen LogP contribution is 2.10. The van der Waals surface area contributed by atoms with Crippen LogP contribution in [0.5, 0.6) is 0 Å². The van der Waals surface area contributed by atoms with E-state index >= 15 is 0 Å². The lowest BCUT2D eigenvalue weighted by molar-refractivity contribution is -0.143. The van der Waals surface area contributed by atoms with Gasteiger partial charge in [-0.05, 0) is 38.5 Å². The molecule has 1 unspecified atom stereocenters. The van der Waals surface area contributed by atoms with Gasteiger partial charge in [0, 0.05) is 6.42 Å². The first kappa shape index (κ1) is 24.2. The second-order valence-electron chi connectivity index (χ2n) is 7.09. The molecule has 25 heavy (non-hydrogen) atoms. The zero-order valence-corrected chi connectivity index (χ0v) is 16.8. The molecule has 0 radical (unpaired) electrons. The molecular weight excluding hydrogens is 312 g/mol. The first-order chi connectivity index (χ1) is 12.2. The van der Waals surface area contributed by atoms with Crippen molar-refractivity contribution in [1.29, 1.82) is 0 Å². The van der Waals surface area contributed by atoms with Gasteiger partial charge in [-0.1, -0.05) is 77.4 Å². The molecule has 0 bridgehead atoms. The molecule has 0 aromatic rings. The van der Waals surface area contributed by atoms with Gasteiger partial charge in [0.2, 0.25) is 0 Å². The third kappa shape index (κ3) is 19.3. The number of hydrogen-bond acceptors (Lipinski definition) is 3. The maximum absolute atomic E-state index is 11.4. The SMILES string of the molecule is CCCCCCC(O)C/C=C/CCCCCCCC(=O)OCCCC. The highest BCUT2D eigenvalue weighted by Gasteiger charge is 2.02. The highest BCUT2D eigenvalue weighted by molar-refractivity contribution is 5.69. The lowest BCUT2D eigenvalue weighted by Crippen LogP contribution is -2.05. The smallest absolute Gasteiger partial charge is 0.305 e. The quantitative estimate of drug-likeness (QED) is 0.177. The van der Waals surface area contributed by atoms with Crippen LogP contribution in [0.2, 0.25) is 0 Å². The van der Waals surface area contributed by atoms with Crippen LogP contribution in [-0.2, 0) is 9.53 Å². The normalized spacial score (nSPS) is 12.6. The Morgan fingerprint density at radius 1 is 0.880 bits per heavy atom. The summed E-state index contributed by atoms with van der Waals surface area (Å²) in [6.07, 6.45) is 20.2. The second-order valence-corrected chi connectivity index (χ2v) is 7.09. The number of aliphatic hydroxyl groups excluding tert-OH is 1. The van der Waals surface area contributed by atoms with E-state index in [0.29, 0.717) is 13.0 Å². The molecule has 0 aromatic heterocycles. The van der Waals surface area contributed by atoms with Crippen LogP contribution >= 0.6 is 0 Å². The van der Waals surface area contributed by atoms with Gasteiger partial charge < -0.3 is 9.84 Å². The van der Waals surface area contributed by atoms with Gasteiger partial charge in [0.15, 0.2) is 0 Å². The molecule has 0 saturated carbocycles. The zero-order valence-electron chi connectivity index (χ0n) is 16.8. The van der Waals surface area contributed by atoms with Gasteiger partial charge in [0.05, 0.1) is 12.7 Å². The zero-order chi connectivity index (χ0) is 18.6. The van der Waals surface area contributed by atoms with E-state index in [9.17, 15) is 9.90 Å². The molecular formula is C22H42O3. The third-order valence-electron chi connectivity index (χ3n) is 4.48. The molecule has 0 aromatic carbocycles. The van der Waals surface area contributed by atoms with Crippen LogP contribution in [0.15, 0.2) is 12.2 Å². The van der Waals surface area contributed by atoms with Crippen LogP contribution in [0.4, 0.5) is 0 Å². The highest BCUT2D eigenvalue weighted by atomic mass is 16.5. The Kier molecular flexibility index (Phi) is 18.8. The molecule has 3 heteroatoms. The van der Waals surface area contributed by atoms with Crippen molar-refractivity contribution in [2.45, 2.75) is 116 Å². The molecule has 0 saturated heterocycles. The molecule has 0 rings (SSSR count). The molecule has 0 aliphatic carbocycles. The van der Waals surface area contributed by atoms with Crippen molar-refractivity contribution in [3.8, 4) is 0 Å². The number of allylic oxidation sites excluding steroid dienone is 1. The van der Waals surface area contributed by atoms with Crippen LogP contribution in [0.1, 0.15) is 110 Å². The molecule has 0 heterocycles. The number of esters is 1. The van der Waals surface area contributed by atoms with Crippen LogP contribution in [0.3, 0.4) is 0 Å². The number of carbonyl (C=O) groups excluding carboxylic acids is 1. The molecule has 1 N–H and O–H groups in total. The lowest BCUT2D eigenvalue weighted by atomic mass is 10.1. The summed E-state index contributed by atoms with van der Waals surface area (Å²) >= 11 is 0. The monoisotopic (exact) mass is 354 g/mol. The minimum atomic E-state index is -0.162. The summed E-state index contributed by atoms with van der Waals surface area (Å²) < 4.78 is 5.14. The molecule has 3 nitrogen and oxygen atoms in total. The fourth-order valence-electron chi connectivity index (χ4n) is 2.76. The Bertz CT molecular complexity index is 312. The number of aliphatic hydroxyl groups is 1. The minimum absolute atomic E-state index is 0.0374. The molecule has 0 spiro atoms. The average molecular weight is 355 g/mol. The van der Waals surface area contributed by atoms with E-state index in [-0.39, 0.29) is 12.1 Å². The van der Waals surface area contributed by atoms with Crippen molar-refractivity contribution < 1.29 is 14.6 Å². The predicted molar refractivity (Wildman–Crippen MR) is 107 cm³/mol. The Balaban J connectivity index is 3.30. The number of unbranched alkanes of at least 4 members (excludes halogenated alkanes) is 9. The van der Waals surface area contributed by atoms with Gasteiger partial charge in [-0.3, -0.25) is 4.79 Å². The fourth-order valence-corrected chi connectivity index (χ4v) is 2.76. The lowest BCUT2D eigenvalue weighted by Gasteiger charge is -2.07. The minimum Gasteiger partial charge on any atom is -0.466 e.